The van der Waals surface area contributed by atoms with E-state index in [0.717, 1.165) is 0 Å². The number of halogens is 2. The molecule has 0 aliphatic rings. The van der Waals surface area contributed by atoms with Crippen molar-refractivity contribution >= 4 is 52.1 Å². The van der Waals surface area contributed by atoms with Crippen molar-refractivity contribution in [2.24, 2.45) is 0 Å². The maximum absolute atomic E-state index is 3.52. The molecule has 3 heteroatoms. The molecule has 0 radical (unpaired) electrons. The zero-order valence-corrected chi connectivity index (χ0v) is 10.0. The normalized spacial score (nSPS) is 10.3. The molecular formula is C10H7BBr2. The topological polar surface area (TPSA) is 0 Å². The minimum absolute atomic E-state index is 0.228. The summed E-state index contributed by atoms with van der Waals surface area (Å²) in [5.74, 6) is 0. The summed E-state index contributed by atoms with van der Waals surface area (Å²) in [7, 11) is 0. The van der Waals surface area contributed by atoms with Crippen LogP contribution < -0.4 is 5.46 Å². The number of rotatable bonds is 1. The molecular weight excluding hydrogens is 291 g/mol. The second-order valence-corrected chi connectivity index (χ2v) is 5.93. The van der Waals surface area contributed by atoms with E-state index < -0.39 is 0 Å². The van der Waals surface area contributed by atoms with Crippen molar-refractivity contribution in [3.63, 3.8) is 0 Å². The average Bonchev–Trinajstić information content (AvgIpc) is 2.17. The van der Waals surface area contributed by atoms with Crippen LogP contribution in [0.25, 0.3) is 10.8 Å². The summed E-state index contributed by atoms with van der Waals surface area (Å²) < 4.78 is 0.228. The molecule has 0 spiro atoms. The third kappa shape index (κ3) is 1.81. The molecule has 13 heavy (non-hydrogen) atoms. The van der Waals surface area contributed by atoms with E-state index in [-0.39, 0.29) is 4.36 Å². The number of fused-ring (bicyclic) bond motifs is 1. The summed E-state index contributed by atoms with van der Waals surface area (Å²) in [6.45, 7) is 0. The first-order chi connectivity index (χ1) is 6.29. The van der Waals surface area contributed by atoms with E-state index in [1.807, 2.05) is 0 Å². The monoisotopic (exact) mass is 296 g/mol. The third-order valence-corrected chi connectivity index (χ3v) is 3.04. The van der Waals surface area contributed by atoms with Gasteiger partial charge in [0.25, 0.3) is 0 Å². The minimum atomic E-state index is 0.228. The highest BCUT2D eigenvalue weighted by molar-refractivity contribution is 9.49. The first-order valence-electron chi connectivity index (χ1n) is 4.05. The zero-order chi connectivity index (χ0) is 9.26. The van der Waals surface area contributed by atoms with Crippen molar-refractivity contribution in [2.45, 2.75) is 0 Å². The fourth-order valence-corrected chi connectivity index (χ4v) is 2.24. The third-order valence-electron chi connectivity index (χ3n) is 2.06. The summed E-state index contributed by atoms with van der Waals surface area (Å²) in [6.07, 6.45) is 0. The predicted octanol–water partition coefficient (Wildman–Crippen LogP) is 3.32. The molecule has 0 heterocycles. The zero-order valence-electron chi connectivity index (χ0n) is 6.87. The van der Waals surface area contributed by atoms with E-state index in [2.05, 4.69) is 74.0 Å². The summed E-state index contributed by atoms with van der Waals surface area (Å²) in [5.41, 5.74) is 1.28. The average molecular weight is 298 g/mol. The summed E-state index contributed by atoms with van der Waals surface area (Å²) >= 11 is 7.04. The van der Waals surface area contributed by atoms with Gasteiger partial charge in [0.15, 0.2) is 0 Å². The Labute approximate surface area is 94.4 Å². The molecule has 0 saturated carbocycles. The quantitative estimate of drug-likeness (QED) is 0.708. The number of hydrogen-bond acceptors (Lipinski definition) is 0. The van der Waals surface area contributed by atoms with E-state index in [1.165, 1.54) is 16.2 Å². The van der Waals surface area contributed by atoms with Gasteiger partial charge in [-0.3, -0.25) is 0 Å². The minimum Gasteiger partial charge on any atom is -0.132 e. The molecule has 0 amide bonds. The SMILES string of the molecule is BrB(Br)c1cccc2ccccc12. The van der Waals surface area contributed by atoms with Gasteiger partial charge < -0.3 is 0 Å². The van der Waals surface area contributed by atoms with Gasteiger partial charge in [-0.2, -0.15) is 0 Å². The van der Waals surface area contributed by atoms with Gasteiger partial charge in [-0.1, -0.05) is 42.5 Å². The molecule has 0 saturated heterocycles. The lowest BCUT2D eigenvalue weighted by Gasteiger charge is -2.04. The fraction of sp³-hybridized carbons (Fsp3) is 0. The van der Waals surface area contributed by atoms with Crippen molar-refractivity contribution in [3.05, 3.63) is 42.5 Å². The highest BCUT2D eigenvalue weighted by Crippen LogP contribution is 2.14. The second-order valence-electron chi connectivity index (χ2n) is 2.87. The first kappa shape index (κ1) is 9.29. The van der Waals surface area contributed by atoms with Gasteiger partial charge in [0.2, 0.25) is 0 Å². The molecule has 2 aromatic rings. The Morgan fingerprint density at radius 1 is 0.846 bits per heavy atom. The molecule has 64 valence electrons. The lowest BCUT2D eigenvalue weighted by atomic mass is 9.89. The van der Waals surface area contributed by atoms with Crippen LogP contribution in [0.4, 0.5) is 0 Å². The van der Waals surface area contributed by atoms with Crippen molar-refractivity contribution in [2.75, 3.05) is 0 Å². The van der Waals surface area contributed by atoms with Gasteiger partial charge in [-0.05, 0) is 16.2 Å². The van der Waals surface area contributed by atoms with Gasteiger partial charge in [0, 0.05) is 0 Å². The number of benzene rings is 2. The highest BCUT2D eigenvalue weighted by Gasteiger charge is 2.10. The van der Waals surface area contributed by atoms with Crippen LogP contribution in [0.1, 0.15) is 0 Å². The predicted molar refractivity (Wildman–Crippen MR) is 67.2 cm³/mol. The summed E-state index contributed by atoms with van der Waals surface area (Å²) in [6, 6.07) is 14.7. The first-order valence-corrected chi connectivity index (χ1v) is 5.88. The van der Waals surface area contributed by atoms with E-state index in [0.29, 0.717) is 0 Å². The van der Waals surface area contributed by atoms with E-state index >= 15 is 0 Å². The molecule has 0 bridgehead atoms. The van der Waals surface area contributed by atoms with Crippen LogP contribution in [0.3, 0.4) is 0 Å². The summed E-state index contributed by atoms with van der Waals surface area (Å²) in [5, 5.41) is 2.58. The van der Waals surface area contributed by atoms with Crippen molar-refractivity contribution in [3.8, 4) is 0 Å². The van der Waals surface area contributed by atoms with E-state index in [9.17, 15) is 0 Å². The van der Waals surface area contributed by atoms with Crippen LogP contribution in [-0.2, 0) is 0 Å². The smallest absolute Gasteiger partial charge is 0.132 e. The molecule has 0 aliphatic heterocycles. The van der Waals surface area contributed by atoms with Gasteiger partial charge in [-0.15, -0.1) is 31.5 Å². The molecule has 0 atom stereocenters. The highest BCUT2D eigenvalue weighted by atomic mass is 79.9. The molecule has 0 aromatic heterocycles. The van der Waals surface area contributed by atoms with Crippen molar-refractivity contribution in [1.82, 2.24) is 0 Å². The molecule has 2 rings (SSSR count). The van der Waals surface area contributed by atoms with Gasteiger partial charge in [-0.25, -0.2) is 0 Å². The second kappa shape index (κ2) is 3.85. The Balaban J connectivity index is 2.76. The standard InChI is InChI=1S/C10H7BBr2/c12-11(13)10-7-3-5-8-4-1-2-6-9(8)10/h1-7H. The van der Waals surface area contributed by atoms with Crippen LogP contribution in [0.5, 0.6) is 0 Å². The van der Waals surface area contributed by atoms with E-state index in [1.54, 1.807) is 0 Å². The summed E-state index contributed by atoms with van der Waals surface area (Å²) in [4.78, 5) is 0. The Kier molecular flexibility index (Phi) is 2.75. The maximum Gasteiger partial charge on any atom is 0.330 e. The lowest BCUT2D eigenvalue weighted by Crippen LogP contribution is -2.17. The fourth-order valence-electron chi connectivity index (χ4n) is 1.44. The molecule has 0 fully saturated rings. The van der Waals surface area contributed by atoms with Crippen LogP contribution >= 0.6 is 31.5 Å². The van der Waals surface area contributed by atoms with E-state index in [4.69, 9.17) is 0 Å². The molecule has 0 N–H and O–H groups in total. The van der Waals surface area contributed by atoms with Crippen molar-refractivity contribution < 1.29 is 0 Å². The Morgan fingerprint density at radius 2 is 1.54 bits per heavy atom. The number of hydrogen-bond donors (Lipinski definition) is 0. The van der Waals surface area contributed by atoms with Crippen LogP contribution in [-0.4, -0.2) is 4.36 Å². The van der Waals surface area contributed by atoms with Gasteiger partial charge in [0.05, 0.1) is 0 Å². The Bertz CT molecular complexity index is 421. The molecule has 2 aromatic carbocycles. The van der Waals surface area contributed by atoms with Crippen LogP contribution in [0.15, 0.2) is 42.5 Å². The van der Waals surface area contributed by atoms with Crippen molar-refractivity contribution in [1.29, 1.82) is 0 Å². The lowest BCUT2D eigenvalue weighted by molar-refractivity contribution is 1.78. The molecule has 0 aliphatic carbocycles. The van der Waals surface area contributed by atoms with Crippen LogP contribution in [0, 0.1) is 0 Å². The maximum atomic E-state index is 3.52. The van der Waals surface area contributed by atoms with Gasteiger partial charge >= 0.3 is 4.36 Å². The molecule has 0 nitrogen and oxygen atoms in total. The van der Waals surface area contributed by atoms with Crippen LogP contribution in [0.2, 0.25) is 0 Å². The Hall–Kier alpha value is -0.275. The largest absolute Gasteiger partial charge is 0.330 e. The Morgan fingerprint density at radius 3 is 2.31 bits per heavy atom. The van der Waals surface area contributed by atoms with Gasteiger partial charge in [0.1, 0.15) is 0 Å². The molecule has 0 unspecified atom stereocenters.